The van der Waals surface area contributed by atoms with Crippen LogP contribution in [0.5, 0.6) is 0 Å². The lowest BCUT2D eigenvalue weighted by atomic mass is 9.91. The number of ether oxygens (including phenoxy) is 1. The molecule has 2 rings (SSSR count). The molecular weight excluding hydrogens is 188 g/mol. The molecular formula is C12H24N2O. The van der Waals surface area contributed by atoms with Gasteiger partial charge in [-0.15, -0.1) is 0 Å². The van der Waals surface area contributed by atoms with Crippen molar-refractivity contribution in [3.05, 3.63) is 0 Å². The number of nitrogens with zero attached hydrogens (tertiary/aromatic N) is 1. The Morgan fingerprint density at radius 3 is 2.80 bits per heavy atom. The zero-order valence-corrected chi connectivity index (χ0v) is 9.98. The smallest absolute Gasteiger partial charge is 0.0509 e. The fourth-order valence-corrected chi connectivity index (χ4v) is 2.80. The molecule has 2 fully saturated rings. The highest BCUT2D eigenvalue weighted by molar-refractivity contribution is 4.86. The van der Waals surface area contributed by atoms with Gasteiger partial charge in [0.15, 0.2) is 0 Å². The highest BCUT2D eigenvalue weighted by atomic mass is 16.5. The number of hydrogen-bond donors (Lipinski definition) is 1. The molecule has 2 heterocycles. The molecule has 0 aliphatic carbocycles. The van der Waals surface area contributed by atoms with Crippen molar-refractivity contribution < 1.29 is 4.74 Å². The third-order valence-electron chi connectivity index (χ3n) is 4.23. The van der Waals surface area contributed by atoms with Crippen molar-refractivity contribution in [3.63, 3.8) is 0 Å². The summed E-state index contributed by atoms with van der Waals surface area (Å²) in [4.78, 5) is 2.60. The second-order valence-corrected chi connectivity index (χ2v) is 5.29. The maximum Gasteiger partial charge on any atom is 0.0509 e. The zero-order chi connectivity index (χ0) is 10.8. The van der Waals surface area contributed by atoms with Crippen molar-refractivity contribution in [3.8, 4) is 0 Å². The summed E-state index contributed by atoms with van der Waals surface area (Å²) in [5, 5.41) is 0. The Kier molecular flexibility index (Phi) is 3.65. The van der Waals surface area contributed by atoms with E-state index >= 15 is 0 Å². The van der Waals surface area contributed by atoms with Crippen LogP contribution in [0.1, 0.15) is 26.7 Å². The van der Waals surface area contributed by atoms with Crippen molar-refractivity contribution in [1.29, 1.82) is 0 Å². The lowest BCUT2D eigenvalue weighted by molar-refractivity contribution is 0.0826. The Hall–Kier alpha value is -0.120. The Bertz CT molecular complexity index is 204. The largest absolute Gasteiger partial charge is 0.381 e. The van der Waals surface area contributed by atoms with Gasteiger partial charge in [0.2, 0.25) is 0 Å². The average Bonchev–Trinajstić information content (AvgIpc) is 2.74. The number of nitrogens with two attached hydrogens (primary N) is 1. The van der Waals surface area contributed by atoms with Gasteiger partial charge in [0.25, 0.3) is 0 Å². The van der Waals surface area contributed by atoms with E-state index in [1.807, 2.05) is 0 Å². The van der Waals surface area contributed by atoms with E-state index in [0.29, 0.717) is 18.0 Å². The van der Waals surface area contributed by atoms with Crippen LogP contribution in [0.15, 0.2) is 0 Å². The molecule has 2 aliphatic rings. The van der Waals surface area contributed by atoms with E-state index in [1.54, 1.807) is 0 Å². The third-order valence-corrected chi connectivity index (χ3v) is 4.23. The lowest BCUT2D eigenvalue weighted by Crippen LogP contribution is -2.50. The van der Waals surface area contributed by atoms with Gasteiger partial charge in [0.05, 0.1) is 6.61 Å². The summed E-state index contributed by atoms with van der Waals surface area (Å²) < 4.78 is 5.47. The second-order valence-electron chi connectivity index (χ2n) is 5.29. The molecule has 0 aromatic carbocycles. The SMILES string of the molecule is CC1CN(C(C)C2CCOC2)CCC1N. The van der Waals surface area contributed by atoms with E-state index in [1.165, 1.54) is 19.5 Å². The molecule has 0 saturated carbocycles. The molecule has 0 spiro atoms. The predicted octanol–water partition coefficient (Wildman–Crippen LogP) is 1.08. The second kappa shape index (κ2) is 4.81. The first-order chi connectivity index (χ1) is 7.18. The fourth-order valence-electron chi connectivity index (χ4n) is 2.80. The van der Waals surface area contributed by atoms with Gasteiger partial charge < -0.3 is 10.5 Å². The van der Waals surface area contributed by atoms with Crippen molar-refractivity contribution >= 4 is 0 Å². The molecule has 4 unspecified atom stereocenters. The van der Waals surface area contributed by atoms with E-state index in [0.717, 1.165) is 25.6 Å². The minimum atomic E-state index is 0.410. The van der Waals surface area contributed by atoms with Gasteiger partial charge in [0.1, 0.15) is 0 Å². The average molecular weight is 212 g/mol. The summed E-state index contributed by atoms with van der Waals surface area (Å²) in [5.41, 5.74) is 6.04. The van der Waals surface area contributed by atoms with Gasteiger partial charge in [-0.2, -0.15) is 0 Å². The summed E-state index contributed by atoms with van der Waals surface area (Å²) in [6.07, 6.45) is 2.39. The highest BCUT2D eigenvalue weighted by Gasteiger charge is 2.31. The van der Waals surface area contributed by atoms with Gasteiger partial charge in [-0.1, -0.05) is 6.92 Å². The minimum absolute atomic E-state index is 0.410. The molecule has 4 atom stereocenters. The number of piperidine rings is 1. The summed E-state index contributed by atoms with van der Waals surface area (Å²) in [5.74, 6) is 1.38. The molecule has 3 heteroatoms. The van der Waals surface area contributed by atoms with Crippen LogP contribution in [0.2, 0.25) is 0 Å². The van der Waals surface area contributed by atoms with Crippen LogP contribution in [0, 0.1) is 11.8 Å². The van der Waals surface area contributed by atoms with Crippen LogP contribution in [0.25, 0.3) is 0 Å². The van der Waals surface area contributed by atoms with Gasteiger partial charge >= 0.3 is 0 Å². The first-order valence-electron chi connectivity index (χ1n) is 6.26. The van der Waals surface area contributed by atoms with E-state index in [4.69, 9.17) is 10.5 Å². The molecule has 15 heavy (non-hydrogen) atoms. The fraction of sp³-hybridized carbons (Fsp3) is 1.00. The maximum absolute atomic E-state index is 6.04. The number of likely N-dealkylation sites (tertiary alicyclic amines) is 1. The minimum Gasteiger partial charge on any atom is -0.381 e. The number of rotatable bonds is 2. The normalized spacial score (nSPS) is 40.6. The monoisotopic (exact) mass is 212 g/mol. The van der Waals surface area contributed by atoms with Gasteiger partial charge in [-0.3, -0.25) is 4.90 Å². The van der Waals surface area contributed by atoms with Gasteiger partial charge in [-0.05, 0) is 38.1 Å². The maximum atomic E-state index is 6.04. The van der Waals surface area contributed by atoms with E-state index < -0.39 is 0 Å². The molecule has 2 saturated heterocycles. The summed E-state index contributed by atoms with van der Waals surface area (Å²) in [6.45, 7) is 8.87. The lowest BCUT2D eigenvalue weighted by Gasteiger charge is -2.40. The first-order valence-corrected chi connectivity index (χ1v) is 6.26. The molecule has 0 bridgehead atoms. The molecule has 2 N–H and O–H groups in total. The van der Waals surface area contributed by atoms with Crippen molar-refractivity contribution in [2.45, 2.75) is 38.8 Å². The molecule has 0 amide bonds. The Morgan fingerprint density at radius 2 is 2.20 bits per heavy atom. The van der Waals surface area contributed by atoms with Crippen molar-refractivity contribution in [2.24, 2.45) is 17.6 Å². The van der Waals surface area contributed by atoms with Crippen LogP contribution in [-0.4, -0.2) is 43.3 Å². The molecule has 3 nitrogen and oxygen atoms in total. The number of hydrogen-bond acceptors (Lipinski definition) is 3. The van der Waals surface area contributed by atoms with Crippen LogP contribution >= 0.6 is 0 Å². The van der Waals surface area contributed by atoms with Crippen LogP contribution in [0.3, 0.4) is 0 Å². The zero-order valence-electron chi connectivity index (χ0n) is 9.98. The third kappa shape index (κ3) is 2.52. The summed E-state index contributed by atoms with van der Waals surface area (Å²) in [6, 6.07) is 1.08. The Labute approximate surface area is 93.0 Å². The Morgan fingerprint density at radius 1 is 1.40 bits per heavy atom. The molecule has 2 aliphatic heterocycles. The molecule has 88 valence electrons. The van der Waals surface area contributed by atoms with E-state index in [-0.39, 0.29) is 0 Å². The van der Waals surface area contributed by atoms with Crippen molar-refractivity contribution in [2.75, 3.05) is 26.3 Å². The molecule has 0 aromatic heterocycles. The standard InChI is InChI=1S/C12H24N2O/c1-9-7-14(5-3-12(9)13)10(2)11-4-6-15-8-11/h9-12H,3-8,13H2,1-2H3. The molecule has 0 radical (unpaired) electrons. The highest BCUT2D eigenvalue weighted by Crippen LogP contribution is 2.25. The Balaban J connectivity index is 1.87. The first kappa shape index (κ1) is 11.4. The van der Waals surface area contributed by atoms with Gasteiger partial charge in [-0.25, -0.2) is 0 Å². The quantitative estimate of drug-likeness (QED) is 0.744. The van der Waals surface area contributed by atoms with Crippen LogP contribution in [0.4, 0.5) is 0 Å². The topological polar surface area (TPSA) is 38.5 Å². The van der Waals surface area contributed by atoms with Crippen LogP contribution < -0.4 is 5.73 Å². The van der Waals surface area contributed by atoms with Gasteiger partial charge in [0, 0.05) is 25.2 Å². The predicted molar refractivity (Wildman–Crippen MR) is 61.7 cm³/mol. The van der Waals surface area contributed by atoms with Crippen LogP contribution in [-0.2, 0) is 4.74 Å². The molecule has 0 aromatic rings. The van der Waals surface area contributed by atoms with E-state index in [2.05, 4.69) is 18.7 Å². The summed E-state index contributed by atoms with van der Waals surface area (Å²) in [7, 11) is 0. The van der Waals surface area contributed by atoms with Crippen molar-refractivity contribution in [1.82, 2.24) is 4.90 Å². The summed E-state index contributed by atoms with van der Waals surface area (Å²) >= 11 is 0. The van der Waals surface area contributed by atoms with E-state index in [9.17, 15) is 0 Å².